The first kappa shape index (κ1) is 18.8. The fourth-order valence-corrected chi connectivity index (χ4v) is 5.19. The predicted octanol–water partition coefficient (Wildman–Crippen LogP) is 1.29. The van der Waals surface area contributed by atoms with Gasteiger partial charge in [0.05, 0.1) is 42.6 Å². The smallest absolute Gasteiger partial charge is 0.261 e. The van der Waals surface area contributed by atoms with Gasteiger partial charge in [0, 0.05) is 13.7 Å². The van der Waals surface area contributed by atoms with Gasteiger partial charge in [-0.25, -0.2) is 18.4 Å². The molecule has 1 atom stereocenters. The van der Waals surface area contributed by atoms with Crippen LogP contribution in [0, 0.1) is 0 Å². The van der Waals surface area contributed by atoms with Gasteiger partial charge in [-0.2, -0.15) is 4.31 Å². The molecule has 1 unspecified atom stereocenters. The number of nitrogens with zero attached hydrogens (tertiary/aromatic N) is 4. The Bertz CT molecular complexity index is 1140. The van der Waals surface area contributed by atoms with Gasteiger partial charge in [-0.05, 0) is 25.0 Å². The number of hydrogen-bond acceptors (Lipinski definition) is 6. The van der Waals surface area contributed by atoms with Crippen LogP contribution in [0.5, 0.6) is 0 Å². The van der Waals surface area contributed by atoms with E-state index >= 15 is 0 Å². The number of sulfonamides is 1. The molecule has 4 rings (SSSR count). The van der Waals surface area contributed by atoms with Crippen LogP contribution < -0.4 is 5.56 Å². The third-order valence-corrected chi connectivity index (χ3v) is 6.81. The average Bonchev–Trinajstić information content (AvgIpc) is 3.39. The number of fused-ring (bicyclic) bond motifs is 1. The number of benzene rings is 1. The molecule has 0 bridgehead atoms. The second-order valence-corrected chi connectivity index (χ2v) is 8.49. The standard InChI is InChI=1S/C18H21N5O4S/c1-27-10-9-22-17(21-14-6-3-2-5-13(14)18(22)24)15-7-4-8-23(15)28(25,26)16-11-19-12-20-16/h2-3,5-6,11-12,15H,4,7-10H2,1H3,(H,19,20). The lowest BCUT2D eigenvalue weighted by Gasteiger charge is -2.25. The van der Waals surface area contributed by atoms with Crippen molar-refractivity contribution >= 4 is 20.9 Å². The summed E-state index contributed by atoms with van der Waals surface area (Å²) >= 11 is 0. The van der Waals surface area contributed by atoms with E-state index in [0.717, 1.165) is 0 Å². The van der Waals surface area contributed by atoms with Crippen molar-refractivity contribution in [2.45, 2.75) is 30.5 Å². The quantitative estimate of drug-likeness (QED) is 0.664. The summed E-state index contributed by atoms with van der Waals surface area (Å²) in [6, 6.07) is 6.57. The summed E-state index contributed by atoms with van der Waals surface area (Å²) in [4.78, 5) is 24.3. The number of para-hydroxylation sites is 1. The van der Waals surface area contributed by atoms with Gasteiger partial charge in [0.15, 0.2) is 5.03 Å². The molecule has 1 aliphatic heterocycles. The molecular formula is C18H21N5O4S. The Morgan fingerprint density at radius 2 is 2.14 bits per heavy atom. The molecule has 3 heterocycles. The summed E-state index contributed by atoms with van der Waals surface area (Å²) in [6.45, 7) is 0.989. The molecule has 10 heteroatoms. The van der Waals surface area contributed by atoms with Gasteiger partial charge in [0.2, 0.25) is 0 Å². The molecule has 0 spiro atoms. The minimum atomic E-state index is -3.77. The Labute approximate surface area is 162 Å². The molecule has 1 saturated heterocycles. The third-order valence-electron chi connectivity index (χ3n) is 4.97. The third kappa shape index (κ3) is 3.13. The summed E-state index contributed by atoms with van der Waals surface area (Å²) < 4.78 is 34.2. The fraction of sp³-hybridized carbons (Fsp3) is 0.389. The number of ether oxygens (including phenoxy) is 1. The van der Waals surface area contributed by atoms with Crippen LogP contribution in [0.4, 0.5) is 0 Å². The maximum absolute atomic E-state index is 13.1. The highest BCUT2D eigenvalue weighted by molar-refractivity contribution is 7.89. The van der Waals surface area contributed by atoms with Crippen molar-refractivity contribution in [1.29, 1.82) is 0 Å². The number of nitrogens with one attached hydrogen (secondary N) is 1. The molecule has 3 aromatic rings. The van der Waals surface area contributed by atoms with Gasteiger partial charge in [-0.15, -0.1) is 0 Å². The molecule has 0 saturated carbocycles. The highest BCUT2D eigenvalue weighted by Crippen LogP contribution is 2.35. The summed E-state index contributed by atoms with van der Waals surface area (Å²) in [7, 11) is -2.21. The van der Waals surface area contributed by atoms with E-state index in [1.165, 1.54) is 21.4 Å². The normalized spacial score (nSPS) is 18.1. The van der Waals surface area contributed by atoms with Crippen molar-refractivity contribution < 1.29 is 13.2 Å². The molecule has 148 valence electrons. The second-order valence-electron chi connectivity index (χ2n) is 6.63. The van der Waals surface area contributed by atoms with Gasteiger partial charge in [-0.1, -0.05) is 12.1 Å². The molecule has 9 nitrogen and oxygen atoms in total. The lowest BCUT2D eigenvalue weighted by atomic mass is 10.2. The number of hydrogen-bond donors (Lipinski definition) is 1. The van der Waals surface area contributed by atoms with Crippen LogP contribution in [-0.4, -0.2) is 52.5 Å². The molecule has 1 fully saturated rings. The van der Waals surface area contributed by atoms with Gasteiger partial charge < -0.3 is 9.72 Å². The zero-order valence-corrected chi connectivity index (χ0v) is 16.2. The van der Waals surface area contributed by atoms with E-state index in [9.17, 15) is 13.2 Å². The molecular weight excluding hydrogens is 382 g/mol. The van der Waals surface area contributed by atoms with Crippen LogP contribution in [0.15, 0.2) is 46.6 Å². The van der Waals surface area contributed by atoms with Gasteiger partial charge in [-0.3, -0.25) is 9.36 Å². The van der Waals surface area contributed by atoms with Crippen molar-refractivity contribution in [2.24, 2.45) is 0 Å². The van der Waals surface area contributed by atoms with Crippen LogP contribution >= 0.6 is 0 Å². The van der Waals surface area contributed by atoms with Crippen LogP contribution in [0.2, 0.25) is 0 Å². The first-order valence-corrected chi connectivity index (χ1v) is 10.5. The van der Waals surface area contributed by atoms with E-state index in [1.54, 1.807) is 25.3 Å². The van der Waals surface area contributed by atoms with Crippen LogP contribution in [0.1, 0.15) is 24.7 Å². The molecule has 2 aromatic heterocycles. The number of methoxy groups -OCH3 is 1. The van der Waals surface area contributed by atoms with Crippen molar-refractivity contribution in [2.75, 3.05) is 20.3 Å². The van der Waals surface area contributed by atoms with Gasteiger partial charge >= 0.3 is 0 Å². The Kier molecular flexibility index (Phi) is 5.00. The Balaban J connectivity index is 1.86. The molecule has 1 N–H and O–H groups in total. The lowest BCUT2D eigenvalue weighted by molar-refractivity contribution is 0.183. The number of aromatic amines is 1. The average molecular weight is 403 g/mol. The summed E-state index contributed by atoms with van der Waals surface area (Å²) in [5.74, 6) is 0.446. The molecule has 0 radical (unpaired) electrons. The van der Waals surface area contributed by atoms with E-state index in [1.807, 2.05) is 6.07 Å². The van der Waals surface area contributed by atoms with E-state index in [0.29, 0.717) is 49.3 Å². The maximum Gasteiger partial charge on any atom is 0.261 e. The largest absolute Gasteiger partial charge is 0.383 e. The first-order valence-electron chi connectivity index (χ1n) is 9.02. The number of rotatable bonds is 6. The van der Waals surface area contributed by atoms with Crippen molar-refractivity contribution in [1.82, 2.24) is 23.8 Å². The fourth-order valence-electron chi connectivity index (χ4n) is 3.63. The van der Waals surface area contributed by atoms with E-state index in [-0.39, 0.29) is 10.6 Å². The van der Waals surface area contributed by atoms with Crippen molar-refractivity contribution in [3.63, 3.8) is 0 Å². The maximum atomic E-state index is 13.1. The summed E-state index contributed by atoms with van der Waals surface area (Å²) in [5.41, 5.74) is 0.366. The molecule has 1 aromatic carbocycles. The predicted molar refractivity (Wildman–Crippen MR) is 102 cm³/mol. The Morgan fingerprint density at radius 1 is 1.32 bits per heavy atom. The number of aromatic nitrogens is 4. The Morgan fingerprint density at radius 3 is 2.89 bits per heavy atom. The zero-order chi connectivity index (χ0) is 19.7. The summed E-state index contributed by atoms with van der Waals surface area (Å²) in [6.07, 6.45) is 3.90. The van der Waals surface area contributed by atoms with E-state index in [4.69, 9.17) is 9.72 Å². The highest BCUT2D eigenvalue weighted by Gasteiger charge is 2.39. The second kappa shape index (κ2) is 7.46. The van der Waals surface area contributed by atoms with Crippen LogP contribution in [-0.2, 0) is 21.3 Å². The zero-order valence-electron chi connectivity index (χ0n) is 15.4. The van der Waals surface area contributed by atoms with E-state index < -0.39 is 16.1 Å². The Hall–Kier alpha value is -2.56. The highest BCUT2D eigenvalue weighted by atomic mass is 32.2. The summed E-state index contributed by atoms with van der Waals surface area (Å²) in [5, 5.41) is 0.536. The van der Waals surface area contributed by atoms with Gasteiger partial charge in [0.25, 0.3) is 15.6 Å². The topological polar surface area (TPSA) is 110 Å². The molecule has 0 amide bonds. The van der Waals surface area contributed by atoms with Crippen molar-refractivity contribution in [3.05, 3.63) is 53.0 Å². The minimum Gasteiger partial charge on any atom is -0.383 e. The first-order chi connectivity index (χ1) is 13.5. The molecule has 1 aliphatic rings. The SMILES string of the molecule is COCCn1c(C2CCCN2S(=O)(=O)c2cnc[nH]2)nc2ccccc2c1=O. The lowest BCUT2D eigenvalue weighted by Crippen LogP contribution is -2.36. The van der Waals surface area contributed by atoms with Crippen LogP contribution in [0.25, 0.3) is 10.9 Å². The van der Waals surface area contributed by atoms with Gasteiger partial charge in [0.1, 0.15) is 5.82 Å². The van der Waals surface area contributed by atoms with E-state index in [2.05, 4.69) is 9.97 Å². The van der Waals surface area contributed by atoms with Crippen molar-refractivity contribution in [3.8, 4) is 0 Å². The molecule has 28 heavy (non-hydrogen) atoms. The van der Waals surface area contributed by atoms with Crippen LogP contribution in [0.3, 0.4) is 0 Å². The monoisotopic (exact) mass is 403 g/mol. The number of imidazole rings is 1. The molecule has 0 aliphatic carbocycles. The number of H-pyrrole nitrogens is 1. The minimum absolute atomic E-state index is 0.0333.